The summed E-state index contributed by atoms with van der Waals surface area (Å²) >= 11 is 0. The van der Waals surface area contributed by atoms with Crippen molar-refractivity contribution in [3.05, 3.63) is 35.4 Å². The molecular formula is C14H19F3N2O. The van der Waals surface area contributed by atoms with E-state index < -0.39 is 17.3 Å². The lowest BCUT2D eigenvalue weighted by Crippen LogP contribution is -2.39. The summed E-state index contributed by atoms with van der Waals surface area (Å²) < 4.78 is 38.5. The summed E-state index contributed by atoms with van der Waals surface area (Å²) in [5.41, 5.74) is 4.41. The van der Waals surface area contributed by atoms with Crippen molar-refractivity contribution in [2.75, 3.05) is 7.05 Å². The first-order chi connectivity index (χ1) is 9.00. The van der Waals surface area contributed by atoms with E-state index in [1.54, 1.807) is 13.8 Å². The molecule has 1 amide bonds. The van der Waals surface area contributed by atoms with Crippen LogP contribution in [0.2, 0.25) is 0 Å². The van der Waals surface area contributed by atoms with E-state index in [0.717, 1.165) is 6.07 Å². The van der Waals surface area contributed by atoms with E-state index >= 15 is 0 Å². The van der Waals surface area contributed by atoms with Crippen LogP contribution in [0, 0.1) is 0 Å². The zero-order chi connectivity index (χ0) is 15.6. The lowest BCUT2D eigenvalue weighted by molar-refractivity contribution is -0.139. The Morgan fingerprint density at radius 2 is 1.80 bits per heavy atom. The zero-order valence-electron chi connectivity index (χ0n) is 11.8. The van der Waals surface area contributed by atoms with Crippen molar-refractivity contribution in [2.24, 2.45) is 5.73 Å². The van der Waals surface area contributed by atoms with Crippen LogP contribution in [0.5, 0.6) is 0 Å². The highest BCUT2D eigenvalue weighted by Gasteiger charge is 2.33. The minimum absolute atomic E-state index is 0.0747. The number of rotatable bonds is 4. The van der Waals surface area contributed by atoms with Gasteiger partial charge in [-0.2, -0.15) is 13.2 Å². The van der Waals surface area contributed by atoms with Crippen molar-refractivity contribution in [3.8, 4) is 0 Å². The topological polar surface area (TPSA) is 46.3 Å². The number of amides is 1. The standard InChI is InChI=1S/C14H19F3N2O/c1-13(2,18)8-12(20)19(3)9-10-6-4-5-7-11(10)14(15,16)17/h4-7H,8-9,18H2,1-3H3. The molecule has 0 heterocycles. The molecule has 1 aromatic rings. The van der Waals surface area contributed by atoms with E-state index in [4.69, 9.17) is 5.73 Å². The predicted octanol–water partition coefficient (Wildman–Crippen LogP) is 2.79. The molecule has 1 rings (SSSR count). The molecule has 0 radical (unpaired) electrons. The van der Waals surface area contributed by atoms with Crippen LogP contribution in [0.15, 0.2) is 24.3 Å². The second-order valence-corrected chi connectivity index (χ2v) is 5.57. The molecule has 0 unspecified atom stereocenters. The summed E-state index contributed by atoms with van der Waals surface area (Å²) in [6, 6.07) is 5.24. The third-order valence-electron chi connectivity index (χ3n) is 2.76. The first-order valence-electron chi connectivity index (χ1n) is 6.18. The summed E-state index contributed by atoms with van der Waals surface area (Å²) in [6.45, 7) is 3.30. The molecule has 1 aromatic carbocycles. The average molecular weight is 288 g/mol. The van der Waals surface area contributed by atoms with E-state index in [1.165, 1.54) is 30.1 Å². The first-order valence-corrected chi connectivity index (χ1v) is 6.18. The van der Waals surface area contributed by atoms with Gasteiger partial charge in [0.05, 0.1) is 5.56 Å². The molecule has 0 aliphatic carbocycles. The molecular weight excluding hydrogens is 269 g/mol. The van der Waals surface area contributed by atoms with Gasteiger partial charge in [0.1, 0.15) is 0 Å². The number of carbonyl (C=O) groups is 1. The molecule has 2 N–H and O–H groups in total. The van der Waals surface area contributed by atoms with Crippen molar-refractivity contribution >= 4 is 5.91 Å². The molecule has 0 atom stereocenters. The van der Waals surface area contributed by atoms with Gasteiger partial charge in [-0.25, -0.2) is 0 Å². The van der Waals surface area contributed by atoms with E-state index in [1.807, 2.05) is 0 Å². The Balaban J connectivity index is 2.86. The molecule has 0 spiro atoms. The Kier molecular flexibility index (Phi) is 4.81. The van der Waals surface area contributed by atoms with E-state index in [-0.39, 0.29) is 24.4 Å². The number of carbonyl (C=O) groups excluding carboxylic acids is 1. The predicted molar refractivity (Wildman–Crippen MR) is 70.8 cm³/mol. The fraction of sp³-hybridized carbons (Fsp3) is 0.500. The SMILES string of the molecule is CN(Cc1ccccc1C(F)(F)F)C(=O)CC(C)(C)N. The third-order valence-corrected chi connectivity index (χ3v) is 2.76. The summed E-state index contributed by atoms with van der Waals surface area (Å²) in [5, 5.41) is 0. The van der Waals surface area contributed by atoms with Crippen LogP contribution in [0.25, 0.3) is 0 Å². The largest absolute Gasteiger partial charge is 0.416 e. The van der Waals surface area contributed by atoms with Gasteiger partial charge in [0.2, 0.25) is 5.91 Å². The van der Waals surface area contributed by atoms with Crippen LogP contribution < -0.4 is 5.73 Å². The van der Waals surface area contributed by atoms with Crippen LogP contribution in [-0.2, 0) is 17.5 Å². The van der Waals surface area contributed by atoms with Gasteiger partial charge in [-0.15, -0.1) is 0 Å². The molecule has 0 saturated carbocycles. The minimum Gasteiger partial charge on any atom is -0.341 e. The number of nitrogens with two attached hydrogens (primary N) is 1. The highest BCUT2D eigenvalue weighted by Crippen LogP contribution is 2.32. The van der Waals surface area contributed by atoms with Gasteiger partial charge in [-0.05, 0) is 25.5 Å². The van der Waals surface area contributed by atoms with Crippen molar-refractivity contribution in [2.45, 2.75) is 38.5 Å². The Bertz CT molecular complexity index is 478. The van der Waals surface area contributed by atoms with Crippen LogP contribution >= 0.6 is 0 Å². The lowest BCUT2D eigenvalue weighted by Gasteiger charge is -2.24. The number of hydrogen-bond acceptors (Lipinski definition) is 2. The first kappa shape index (κ1) is 16.5. The van der Waals surface area contributed by atoms with E-state index in [9.17, 15) is 18.0 Å². The van der Waals surface area contributed by atoms with Gasteiger partial charge in [-0.3, -0.25) is 4.79 Å². The summed E-state index contributed by atoms with van der Waals surface area (Å²) in [5.74, 6) is -0.283. The van der Waals surface area contributed by atoms with Crippen molar-refractivity contribution in [1.82, 2.24) is 4.90 Å². The smallest absolute Gasteiger partial charge is 0.341 e. The molecule has 0 aliphatic rings. The highest BCUT2D eigenvalue weighted by molar-refractivity contribution is 5.77. The summed E-state index contributed by atoms with van der Waals surface area (Å²) in [4.78, 5) is 13.2. The quantitative estimate of drug-likeness (QED) is 0.926. The summed E-state index contributed by atoms with van der Waals surface area (Å²) in [7, 11) is 1.47. The lowest BCUT2D eigenvalue weighted by atomic mass is 10.0. The fourth-order valence-electron chi connectivity index (χ4n) is 1.80. The second-order valence-electron chi connectivity index (χ2n) is 5.57. The van der Waals surface area contributed by atoms with E-state index in [0.29, 0.717) is 0 Å². The van der Waals surface area contributed by atoms with Gasteiger partial charge in [-0.1, -0.05) is 18.2 Å². The maximum atomic E-state index is 12.8. The van der Waals surface area contributed by atoms with Gasteiger partial charge in [0, 0.05) is 25.6 Å². The Morgan fingerprint density at radius 3 is 2.30 bits per heavy atom. The van der Waals surface area contributed by atoms with Gasteiger partial charge < -0.3 is 10.6 Å². The average Bonchev–Trinajstić information content (AvgIpc) is 2.25. The van der Waals surface area contributed by atoms with Crippen molar-refractivity contribution in [1.29, 1.82) is 0 Å². The van der Waals surface area contributed by atoms with Crippen LogP contribution in [0.4, 0.5) is 13.2 Å². The molecule has 0 fully saturated rings. The second kappa shape index (κ2) is 5.83. The summed E-state index contributed by atoms with van der Waals surface area (Å²) in [6.07, 6.45) is -4.34. The minimum atomic E-state index is -4.42. The molecule has 0 bridgehead atoms. The normalized spacial score (nSPS) is 12.3. The van der Waals surface area contributed by atoms with Crippen molar-refractivity contribution < 1.29 is 18.0 Å². The molecule has 3 nitrogen and oxygen atoms in total. The molecule has 0 saturated heterocycles. The van der Waals surface area contributed by atoms with Crippen LogP contribution in [0.1, 0.15) is 31.4 Å². The molecule has 6 heteroatoms. The number of nitrogens with zero attached hydrogens (tertiary/aromatic N) is 1. The monoisotopic (exact) mass is 288 g/mol. The molecule has 20 heavy (non-hydrogen) atoms. The Morgan fingerprint density at radius 1 is 1.25 bits per heavy atom. The Hall–Kier alpha value is -1.56. The fourth-order valence-corrected chi connectivity index (χ4v) is 1.80. The molecule has 0 aliphatic heterocycles. The number of halogens is 3. The Labute approximate surface area is 116 Å². The van der Waals surface area contributed by atoms with Crippen LogP contribution in [-0.4, -0.2) is 23.4 Å². The van der Waals surface area contributed by atoms with Crippen LogP contribution in [0.3, 0.4) is 0 Å². The zero-order valence-corrected chi connectivity index (χ0v) is 11.8. The molecule has 0 aromatic heterocycles. The van der Waals surface area contributed by atoms with Gasteiger partial charge >= 0.3 is 6.18 Å². The maximum absolute atomic E-state index is 12.8. The van der Waals surface area contributed by atoms with E-state index in [2.05, 4.69) is 0 Å². The van der Waals surface area contributed by atoms with Gasteiger partial charge in [0.25, 0.3) is 0 Å². The maximum Gasteiger partial charge on any atom is 0.416 e. The number of benzene rings is 1. The van der Waals surface area contributed by atoms with Crippen molar-refractivity contribution in [3.63, 3.8) is 0 Å². The highest BCUT2D eigenvalue weighted by atomic mass is 19.4. The number of hydrogen-bond donors (Lipinski definition) is 1. The van der Waals surface area contributed by atoms with Gasteiger partial charge in [0.15, 0.2) is 0 Å². The number of alkyl halides is 3. The molecule has 112 valence electrons. The third kappa shape index (κ3) is 4.85.